The second-order valence-corrected chi connectivity index (χ2v) is 6.03. The van der Waals surface area contributed by atoms with Gasteiger partial charge in [-0.15, -0.1) is 12.4 Å². The fraction of sp³-hybridized carbons (Fsp3) is 0.625. The van der Waals surface area contributed by atoms with E-state index in [4.69, 9.17) is 4.74 Å². The molecule has 1 aliphatic heterocycles. The quantitative estimate of drug-likeness (QED) is 0.906. The smallest absolute Gasteiger partial charge is 0.158 e. The fourth-order valence-corrected chi connectivity index (χ4v) is 3.25. The van der Waals surface area contributed by atoms with E-state index in [0.717, 1.165) is 18.4 Å². The van der Waals surface area contributed by atoms with Crippen LogP contribution in [0.15, 0.2) is 18.2 Å². The molecule has 0 spiro atoms. The number of halogens is 3. The molecule has 0 aromatic heterocycles. The Labute approximate surface area is 130 Å². The molecule has 21 heavy (non-hydrogen) atoms. The molecular formula is C16H22ClF2NO. The van der Waals surface area contributed by atoms with Gasteiger partial charge in [0.2, 0.25) is 0 Å². The summed E-state index contributed by atoms with van der Waals surface area (Å²) in [5.74, 6) is 0.775. The lowest BCUT2D eigenvalue weighted by Gasteiger charge is -2.21. The van der Waals surface area contributed by atoms with Crippen LogP contribution in [0.1, 0.15) is 43.6 Å². The normalized spacial score (nSPS) is 25.8. The lowest BCUT2D eigenvalue weighted by molar-refractivity contribution is 0.102. The predicted octanol–water partition coefficient (Wildman–Crippen LogP) is 3.99. The van der Waals surface area contributed by atoms with Crippen molar-refractivity contribution in [2.75, 3.05) is 19.7 Å². The molecule has 1 saturated heterocycles. The van der Waals surface area contributed by atoms with Crippen LogP contribution in [-0.4, -0.2) is 25.4 Å². The van der Waals surface area contributed by atoms with Crippen LogP contribution in [0.3, 0.4) is 0 Å². The van der Waals surface area contributed by atoms with Gasteiger partial charge in [0.1, 0.15) is 18.2 Å². The highest BCUT2D eigenvalue weighted by Crippen LogP contribution is 2.39. The van der Waals surface area contributed by atoms with Gasteiger partial charge < -0.3 is 10.1 Å². The molecule has 5 heteroatoms. The number of ether oxygens (including phenoxy) is 1. The Morgan fingerprint density at radius 2 is 2.05 bits per heavy atom. The third kappa shape index (κ3) is 3.86. The van der Waals surface area contributed by atoms with Gasteiger partial charge in [-0.1, -0.05) is 12.8 Å². The summed E-state index contributed by atoms with van der Waals surface area (Å²) in [6.07, 6.45) is 4.98. The van der Waals surface area contributed by atoms with E-state index < -0.39 is 5.67 Å². The SMILES string of the molecule is Cl.Fc1ccc(OCC2(F)CCNC2)c(C2CCCC2)c1. The summed E-state index contributed by atoms with van der Waals surface area (Å²) in [4.78, 5) is 0. The fourth-order valence-electron chi connectivity index (χ4n) is 3.25. The molecule has 1 aromatic rings. The minimum absolute atomic E-state index is 0. The van der Waals surface area contributed by atoms with E-state index in [1.807, 2.05) is 0 Å². The van der Waals surface area contributed by atoms with Crippen LogP contribution < -0.4 is 10.1 Å². The summed E-state index contributed by atoms with van der Waals surface area (Å²) in [5.41, 5.74) is -0.376. The standard InChI is InChI=1S/C16H21F2NO.ClH/c17-13-5-6-15(14(9-13)12-3-1-2-4-12)20-11-16(18)7-8-19-10-16;/h5-6,9,12,19H,1-4,7-8,10-11H2;1H. The Kier molecular flexibility index (Phi) is 5.44. The minimum atomic E-state index is -1.29. The Hall–Kier alpha value is -0.870. The van der Waals surface area contributed by atoms with Crippen molar-refractivity contribution in [1.82, 2.24) is 5.32 Å². The van der Waals surface area contributed by atoms with E-state index >= 15 is 0 Å². The van der Waals surface area contributed by atoms with Crippen LogP contribution in [0, 0.1) is 5.82 Å². The Morgan fingerprint density at radius 3 is 2.71 bits per heavy atom. The largest absolute Gasteiger partial charge is 0.490 e. The summed E-state index contributed by atoms with van der Waals surface area (Å²) in [6.45, 7) is 1.08. The Morgan fingerprint density at radius 1 is 1.29 bits per heavy atom. The zero-order valence-corrected chi connectivity index (χ0v) is 12.9. The number of rotatable bonds is 4. The zero-order chi connectivity index (χ0) is 14.0. The summed E-state index contributed by atoms with van der Waals surface area (Å²) in [6, 6.07) is 4.60. The summed E-state index contributed by atoms with van der Waals surface area (Å²) < 4.78 is 33.5. The molecule has 1 unspecified atom stereocenters. The molecule has 1 atom stereocenters. The van der Waals surface area contributed by atoms with Gasteiger partial charge in [-0.2, -0.15) is 0 Å². The zero-order valence-electron chi connectivity index (χ0n) is 12.0. The number of nitrogens with one attached hydrogen (secondary N) is 1. The second kappa shape index (κ2) is 6.93. The van der Waals surface area contributed by atoms with Gasteiger partial charge in [0, 0.05) is 12.1 Å². The molecule has 0 amide bonds. The molecule has 118 valence electrons. The first-order valence-corrected chi connectivity index (χ1v) is 7.48. The van der Waals surface area contributed by atoms with Crippen LogP contribution >= 0.6 is 12.4 Å². The number of alkyl halides is 1. The van der Waals surface area contributed by atoms with Crippen LogP contribution in [0.5, 0.6) is 5.75 Å². The number of hydrogen-bond acceptors (Lipinski definition) is 2. The molecule has 1 N–H and O–H groups in total. The maximum Gasteiger partial charge on any atom is 0.158 e. The minimum Gasteiger partial charge on any atom is -0.490 e. The molecular weight excluding hydrogens is 296 g/mol. The van der Waals surface area contributed by atoms with Gasteiger partial charge >= 0.3 is 0 Å². The Bertz CT molecular complexity index is 471. The van der Waals surface area contributed by atoms with E-state index in [9.17, 15) is 8.78 Å². The van der Waals surface area contributed by atoms with Crippen molar-refractivity contribution < 1.29 is 13.5 Å². The van der Waals surface area contributed by atoms with E-state index in [0.29, 0.717) is 31.2 Å². The third-order valence-corrected chi connectivity index (χ3v) is 4.44. The van der Waals surface area contributed by atoms with Crippen molar-refractivity contribution in [3.8, 4) is 5.75 Å². The molecule has 2 fully saturated rings. The van der Waals surface area contributed by atoms with E-state index in [1.165, 1.54) is 18.9 Å². The maximum absolute atomic E-state index is 14.3. The average Bonchev–Trinajstić information content (AvgIpc) is 3.09. The third-order valence-electron chi connectivity index (χ3n) is 4.44. The van der Waals surface area contributed by atoms with Crippen LogP contribution in [-0.2, 0) is 0 Å². The van der Waals surface area contributed by atoms with Crippen LogP contribution in [0.4, 0.5) is 8.78 Å². The van der Waals surface area contributed by atoms with Gasteiger partial charge in [0.15, 0.2) is 5.67 Å². The average molecular weight is 318 g/mol. The monoisotopic (exact) mass is 317 g/mol. The maximum atomic E-state index is 14.3. The van der Waals surface area contributed by atoms with Crippen molar-refractivity contribution in [3.05, 3.63) is 29.6 Å². The molecule has 1 aromatic carbocycles. The van der Waals surface area contributed by atoms with Gasteiger partial charge in [-0.3, -0.25) is 0 Å². The lowest BCUT2D eigenvalue weighted by atomic mass is 9.96. The van der Waals surface area contributed by atoms with Gasteiger partial charge in [-0.25, -0.2) is 8.78 Å². The molecule has 2 aliphatic rings. The molecule has 1 heterocycles. The number of benzene rings is 1. The first-order valence-electron chi connectivity index (χ1n) is 7.48. The van der Waals surface area contributed by atoms with E-state index in [-0.39, 0.29) is 24.8 Å². The van der Waals surface area contributed by atoms with E-state index in [2.05, 4.69) is 5.32 Å². The van der Waals surface area contributed by atoms with Gasteiger partial charge in [-0.05, 0) is 49.9 Å². The highest BCUT2D eigenvalue weighted by molar-refractivity contribution is 5.85. The van der Waals surface area contributed by atoms with Crippen molar-refractivity contribution in [2.45, 2.75) is 43.7 Å². The summed E-state index contributed by atoms with van der Waals surface area (Å²) in [7, 11) is 0. The molecule has 0 bridgehead atoms. The summed E-state index contributed by atoms with van der Waals surface area (Å²) >= 11 is 0. The van der Waals surface area contributed by atoms with Crippen LogP contribution in [0.25, 0.3) is 0 Å². The predicted molar refractivity (Wildman–Crippen MR) is 81.7 cm³/mol. The summed E-state index contributed by atoms with van der Waals surface area (Å²) in [5, 5.41) is 3.01. The molecule has 2 nitrogen and oxygen atoms in total. The molecule has 1 aliphatic carbocycles. The highest BCUT2D eigenvalue weighted by atomic mass is 35.5. The molecule has 0 radical (unpaired) electrons. The van der Waals surface area contributed by atoms with Crippen molar-refractivity contribution >= 4 is 12.4 Å². The van der Waals surface area contributed by atoms with Crippen molar-refractivity contribution in [2.24, 2.45) is 0 Å². The second-order valence-electron chi connectivity index (χ2n) is 6.03. The van der Waals surface area contributed by atoms with Gasteiger partial charge in [0.25, 0.3) is 0 Å². The van der Waals surface area contributed by atoms with Gasteiger partial charge in [0.05, 0.1) is 0 Å². The first-order chi connectivity index (χ1) is 9.66. The number of hydrogen-bond donors (Lipinski definition) is 1. The van der Waals surface area contributed by atoms with Crippen molar-refractivity contribution in [1.29, 1.82) is 0 Å². The Balaban J connectivity index is 0.00000161. The van der Waals surface area contributed by atoms with Crippen LogP contribution in [0.2, 0.25) is 0 Å². The highest BCUT2D eigenvalue weighted by Gasteiger charge is 2.35. The van der Waals surface area contributed by atoms with Crippen molar-refractivity contribution in [3.63, 3.8) is 0 Å². The van der Waals surface area contributed by atoms with E-state index in [1.54, 1.807) is 12.1 Å². The first kappa shape index (κ1) is 16.5. The molecule has 3 rings (SSSR count). The topological polar surface area (TPSA) is 21.3 Å². The lowest BCUT2D eigenvalue weighted by Crippen LogP contribution is -2.33. The molecule has 1 saturated carbocycles.